The monoisotopic (exact) mass is 305 g/mol. The summed E-state index contributed by atoms with van der Waals surface area (Å²) in [5.41, 5.74) is -0.339. The number of carbonyl (C=O) groups excluding carboxylic acids is 1. The van der Waals surface area contributed by atoms with Crippen molar-refractivity contribution in [2.45, 2.75) is 32.7 Å². The van der Waals surface area contributed by atoms with Crippen LogP contribution in [-0.2, 0) is 11.2 Å². The molecule has 0 bridgehead atoms. The third-order valence-corrected chi connectivity index (χ3v) is 2.56. The number of halogens is 3. The topological polar surface area (TPSA) is 29.1 Å². The van der Waals surface area contributed by atoms with Crippen LogP contribution in [-0.4, -0.2) is 11.4 Å². The smallest absolute Gasteiger partial charge is 0.224 e. The summed E-state index contributed by atoms with van der Waals surface area (Å²) in [6.07, 6.45) is -0.173. The van der Waals surface area contributed by atoms with Crippen LogP contribution in [0.15, 0.2) is 16.6 Å². The zero-order valence-corrected chi connectivity index (χ0v) is 11.5. The molecule has 0 fully saturated rings. The van der Waals surface area contributed by atoms with Crippen LogP contribution in [0.3, 0.4) is 0 Å². The zero-order chi connectivity index (χ0) is 13.2. The molecule has 0 saturated carbocycles. The van der Waals surface area contributed by atoms with E-state index in [-0.39, 0.29) is 27.9 Å². The van der Waals surface area contributed by atoms with Gasteiger partial charge in [0.2, 0.25) is 5.91 Å². The lowest BCUT2D eigenvalue weighted by Gasteiger charge is -2.20. The van der Waals surface area contributed by atoms with E-state index in [0.29, 0.717) is 0 Å². The van der Waals surface area contributed by atoms with E-state index in [1.165, 1.54) is 0 Å². The van der Waals surface area contributed by atoms with Gasteiger partial charge in [0.25, 0.3) is 0 Å². The molecule has 1 aromatic rings. The van der Waals surface area contributed by atoms with Crippen molar-refractivity contribution in [3.8, 4) is 0 Å². The Morgan fingerprint density at radius 1 is 1.29 bits per heavy atom. The molecule has 0 unspecified atom stereocenters. The molecule has 1 aromatic carbocycles. The second-order valence-electron chi connectivity index (χ2n) is 4.83. The first-order chi connectivity index (χ1) is 7.69. The van der Waals surface area contributed by atoms with Crippen molar-refractivity contribution >= 4 is 21.8 Å². The number of hydrogen-bond donors (Lipinski definition) is 1. The highest BCUT2D eigenvalue weighted by Gasteiger charge is 2.16. The molecule has 0 spiro atoms. The lowest BCUT2D eigenvalue weighted by molar-refractivity contribution is -0.121. The first kappa shape index (κ1) is 14.1. The minimum absolute atomic E-state index is 0.0486. The zero-order valence-electron chi connectivity index (χ0n) is 9.90. The van der Waals surface area contributed by atoms with Crippen molar-refractivity contribution in [3.63, 3.8) is 0 Å². The Morgan fingerprint density at radius 2 is 1.88 bits per heavy atom. The summed E-state index contributed by atoms with van der Waals surface area (Å²) >= 11 is 2.88. The van der Waals surface area contributed by atoms with Gasteiger partial charge >= 0.3 is 0 Å². The number of amides is 1. The molecule has 5 heteroatoms. The standard InChI is InChI=1S/C12H14BrF2NO/c1-12(2,3)16-11(17)5-7-4-10(15)8(13)6-9(7)14/h4,6H,5H2,1-3H3,(H,16,17). The summed E-state index contributed by atoms with van der Waals surface area (Å²) in [4.78, 5) is 11.6. The van der Waals surface area contributed by atoms with Gasteiger partial charge in [-0.25, -0.2) is 8.78 Å². The van der Waals surface area contributed by atoms with Gasteiger partial charge in [0.05, 0.1) is 10.9 Å². The highest BCUT2D eigenvalue weighted by molar-refractivity contribution is 9.10. The molecule has 0 saturated heterocycles. The van der Waals surface area contributed by atoms with Crippen LogP contribution in [0.2, 0.25) is 0 Å². The van der Waals surface area contributed by atoms with Crippen molar-refractivity contribution < 1.29 is 13.6 Å². The van der Waals surface area contributed by atoms with Crippen molar-refractivity contribution in [1.29, 1.82) is 0 Å². The fourth-order valence-corrected chi connectivity index (χ4v) is 1.65. The molecule has 0 aromatic heterocycles. The Labute approximate surface area is 108 Å². The van der Waals surface area contributed by atoms with Gasteiger partial charge in [-0.2, -0.15) is 0 Å². The predicted octanol–water partition coefficient (Wildman–Crippen LogP) is 3.18. The predicted molar refractivity (Wildman–Crippen MR) is 65.7 cm³/mol. The molecule has 0 aliphatic carbocycles. The molecule has 1 N–H and O–H groups in total. The van der Waals surface area contributed by atoms with Gasteiger partial charge in [0.15, 0.2) is 0 Å². The second-order valence-corrected chi connectivity index (χ2v) is 5.69. The fraction of sp³-hybridized carbons (Fsp3) is 0.417. The Kier molecular flexibility index (Phi) is 4.25. The van der Waals surface area contributed by atoms with E-state index >= 15 is 0 Å². The van der Waals surface area contributed by atoms with Crippen molar-refractivity contribution in [2.24, 2.45) is 0 Å². The molecule has 0 atom stereocenters. The molecular formula is C12H14BrF2NO. The normalized spacial score (nSPS) is 11.4. The summed E-state index contributed by atoms with van der Waals surface area (Å²) in [6, 6.07) is 2.05. The Hall–Kier alpha value is -0.970. The largest absolute Gasteiger partial charge is 0.351 e. The summed E-state index contributed by atoms with van der Waals surface area (Å²) < 4.78 is 26.7. The maximum absolute atomic E-state index is 13.4. The van der Waals surface area contributed by atoms with Crippen molar-refractivity contribution in [2.75, 3.05) is 0 Å². The lowest BCUT2D eigenvalue weighted by Crippen LogP contribution is -2.41. The molecule has 1 rings (SSSR count). The third kappa shape index (κ3) is 4.42. The van der Waals surface area contributed by atoms with E-state index in [0.717, 1.165) is 12.1 Å². The average Bonchev–Trinajstić information content (AvgIpc) is 2.11. The van der Waals surface area contributed by atoms with Crippen LogP contribution in [0.5, 0.6) is 0 Å². The number of benzene rings is 1. The SMILES string of the molecule is CC(C)(C)NC(=O)Cc1cc(F)c(Br)cc1F. The molecule has 2 nitrogen and oxygen atoms in total. The van der Waals surface area contributed by atoms with E-state index in [1.54, 1.807) is 0 Å². The van der Waals surface area contributed by atoms with E-state index < -0.39 is 11.6 Å². The van der Waals surface area contributed by atoms with Crippen LogP contribution in [0.4, 0.5) is 8.78 Å². The van der Waals surface area contributed by atoms with Crippen LogP contribution in [0.25, 0.3) is 0 Å². The van der Waals surface area contributed by atoms with Gasteiger partial charge in [-0.3, -0.25) is 4.79 Å². The molecule has 0 radical (unpaired) electrons. The average molecular weight is 306 g/mol. The minimum atomic E-state index is -0.595. The van der Waals surface area contributed by atoms with E-state index in [9.17, 15) is 13.6 Å². The molecule has 17 heavy (non-hydrogen) atoms. The van der Waals surface area contributed by atoms with Crippen LogP contribution >= 0.6 is 15.9 Å². The number of rotatable bonds is 2. The van der Waals surface area contributed by atoms with Crippen molar-refractivity contribution in [3.05, 3.63) is 33.8 Å². The minimum Gasteiger partial charge on any atom is -0.351 e. The van der Waals surface area contributed by atoms with E-state index in [2.05, 4.69) is 21.2 Å². The first-order valence-corrected chi connectivity index (χ1v) is 5.93. The van der Waals surface area contributed by atoms with Crippen molar-refractivity contribution in [1.82, 2.24) is 5.32 Å². The van der Waals surface area contributed by atoms with Crippen LogP contribution < -0.4 is 5.32 Å². The van der Waals surface area contributed by atoms with Gasteiger partial charge in [-0.1, -0.05) is 0 Å². The Balaban J connectivity index is 2.82. The highest BCUT2D eigenvalue weighted by atomic mass is 79.9. The molecular weight excluding hydrogens is 292 g/mol. The highest BCUT2D eigenvalue weighted by Crippen LogP contribution is 2.20. The fourth-order valence-electron chi connectivity index (χ4n) is 1.33. The lowest BCUT2D eigenvalue weighted by atomic mass is 10.1. The summed E-state index contributed by atoms with van der Waals surface area (Å²) in [5.74, 6) is -1.51. The van der Waals surface area contributed by atoms with E-state index in [1.807, 2.05) is 20.8 Å². The van der Waals surface area contributed by atoms with Gasteiger partial charge in [0, 0.05) is 11.1 Å². The summed E-state index contributed by atoms with van der Waals surface area (Å²) in [7, 11) is 0. The Morgan fingerprint density at radius 3 is 2.41 bits per heavy atom. The third-order valence-electron chi connectivity index (χ3n) is 1.95. The van der Waals surface area contributed by atoms with E-state index in [4.69, 9.17) is 0 Å². The number of nitrogens with one attached hydrogen (secondary N) is 1. The molecule has 94 valence electrons. The molecule has 0 heterocycles. The summed E-state index contributed by atoms with van der Waals surface area (Å²) in [6.45, 7) is 5.47. The van der Waals surface area contributed by atoms with Gasteiger partial charge in [-0.15, -0.1) is 0 Å². The van der Waals surface area contributed by atoms with Crippen LogP contribution in [0, 0.1) is 11.6 Å². The maximum Gasteiger partial charge on any atom is 0.224 e. The number of carbonyl (C=O) groups is 1. The van der Waals surface area contributed by atoms with Gasteiger partial charge < -0.3 is 5.32 Å². The summed E-state index contributed by atoms with van der Waals surface area (Å²) in [5, 5.41) is 2.69. The van der Waals surface area contributed by atoms with Gasteiger partial charge in [0.1, 0.15) is 11.6 Å². The quantitative estimate of drug-likeness (QED) is 0.835. The van der Waals surface area contributed by atoms with Gasteiger partial charge in [-0.05, 0) is 48.8 Å². The second kappa shape index (κ2) is 5.12. The Bertz CT molecular complexity index is 441. The van der Waals surface area contributed by atoms with Crippen LogP contribution in [0.1, 0.15) is 26.3 Å². The first-order valence-electron chi connectivity index (χ1n) is 5.13. The molecule has 0 aliphatic rings. The number of hydrogen-bond acceptors (Lipinski definition) is 1. The maximum atomic E-state index is 13.4. The molecule has 0 aliphatic heterocycles. The molecule has 1 amide bonds.